The molecule has 0 aromatic carbocycles. The first kappa shape index (κ1) is 14.1. The van der Waals surface area contributed by atoms with Crippen molar-refractivity contribution in [3.63, 3.8) is 0 Å². The zero-order chi connectivity index (χ0) is 12.2. The molecule has 0 saturated heterocycles. The molecule has 1 aliphatic rings. The van der Waals surface area contributed by atoms with Crippen LogP contribution in [0.15, 0.2) is 0 Å². The lowest BCUT2D eigenvalue weighted by Gasteiger charge is -2.49. The molecule has 0 heterocycles. The van der Waals surface area contributed by atoms with E-state index in [9.17, 15) is 0 Å². The van der Waals surface area contributed by atoms with E-state index in [2.05, 4.69) is 34.6 Å². The molecule has 0 amide bonds. The van der Waals surface area contributed by atoms with Crippen LogP contribution in [0.1, 0.15) is 79.6 Å². The van der Waals surface area contributed by atoms with E-state index in [0.717, 1.165) is 17.8 Å². The van der Waals surface area contributed by atoms with Crippen molar-refractivity contribution in [2.24, 2.45) is 23.2 Å². The smallest absolute Gasteiger partial charge is 0.0269 e. The van der Waals surface area contributed by atoms with E-state index < -0.39 is 0 Å². The molecule has 0 nitrogen and oxygen atoms in total. The Balaban J connectivity index is 2.66. The average Bonchev–Trinajstić information content (AvgIpc) is 2.14. The Labute approximate surface area is 103 Å². The Morgan fingerprint density at radius 3 is 2.12 bits per heavy atom. The molecule has 3 atom stereocenters. The van der Waals surface area contributed by atoms with Crippen LogP contribution in [-0.2, 0) is 0 Å². The molecule has 0 N–H and O–H groups in total. The predicted molar refractivity (Wildman–Crippen MR) is 73.6 cm³/mol. The minimum absolute atomic E-state index is 0.627. The highest BCUT2D eigenvalue weighted by atomic mass is 14.5. The van der Waals surface area contributed by atoms with Gasteiger partial charge in [0.1, 0.15) is 0 Å². The van der Waals surface area contributed by atoms with Crippen LogP contribution in [0, 0.1) is 23.2 Å². The Kier molecular flexibility index (Phi) is 5.34. The second kappa shape index (κ2) is 6.07. The number of rotatable bonds is 7. The largest absolute Gasteiger partial charge is 0.0654 e. The van der Waals surface area contributed by atoms with Crippen LogP contribution < -0.4 is 0 Å². The van der Waals surface area contributed by atoms with Crippen LogP contribution in [0.2, 0.25) is 0 Å². The van der Waals surface area contributed by atoms with E-state index in [-0.39, 0.29) is 0 Å². The molecule has 3 unspecified atom stereocenters. The summed E-state index contributed by atoms with van der Waals surface area (Å²) in [6.45, 7) is 12.3. The first-order valence-electron chi connectivity index (χ1n) is 7.56. The van der Waals surface area contributed by atoms with Crippen LogP contribution in [0.5, 0.6) is 0 Å². The minimum Gasteiger partial charge on any atom is -0.0654 e. The zero-order valence-electron chi connectivity index (χ0n) is 12.2. The molecule has 1 rings (SSSR count). The van der Waals surface area contributed by atoms with E-state index in [1.807, 2.05) is 0 Å². The Hall–Kier alpha value is 0. The van der Waals surface area contributed by atoms with Gasteiger partial charge in [-0.3, -0.25) is 0 Å². The SMILES string of the molecule is CCCC(C)C(C)C(C)(CCC)C1CCC1. The van der Waals surface area contributed by atoms with Crippen LogP contribution >= 0.6 is 0 Å². The van der Waals surface area contributed by atoms with Gasteiger partial charge in [-0.1, -0.05) is 60.3 Å². The van der Waals surface area contributed by atoms with Gasteiger partial charge in [-0.2, -0.15) is 0 Å². The highest BCUT2D eigenvalue weighted by Crippen LogP contribution is 2.51. The predicted octanol–water partition coefficient (Wildman–Crippen LogP) is 5.67. The van der Waals surface area contributed by atoms with E-state index in [1.165, 1.54) is 44.9 Å². The molecule has 0 bridgehead atoms. The summed E-state index contributed by atoms with van der Waals surface area (Å²) in [4.78, 5) is 0. The second-order valence-electron chi connectivity index (χ2n) is 6.44. The molecule has 0 aromatic rings. The third-order valence-corrected chi connectivity index (χ3v) is 5.46. The van der Waals surface area contributed by atoms with E-state index in [1.54, 1.807) is 0 Å². The minimum atomic E-state index is 0.627. The molecule has 0 spiro atoms. The van der Waals surface area contributed by atoms with Gasteiger partial charge in [0.05, 0.1) is 0 Å². The summed E-state index contributed by atoms with van der Waals surface area (Å²) in [6.07, 6.45) is 10.0. The lowest BCUT2D eigenvalue weighted by Crippen LogP contribution is -2.40. The first-order chi connectivity index (χ1) is 7.56. The summed E-state index contributed by atoms with van der Waals surface area (Å²) < 4.78 is 0. The molecule has 1 aliphatic carbocycles. The Morgan fingerprint density at radius 1 is 1.12 bits per heavy atom. The monoisotopic (exact) mass is 224 g/mol. The van der Waals surface area contributed by atoms with Crippen molar-refractivity contribution < 1.29 is 0 Å². The standard InChI is InChI=1S/C16H32/c1-6-9-13(3)14(4)16(5,12-7-2)15-10-8-11-15/h13-15H,6-12H2,1-5H3. The Bertz CT molecular complexity index is 192. The van der Waals surface area contributed by atoms with Crippen LogP contribution in [0.3, 0.4) is 0 Å². The molecule has 16 heavy (non-hydrogen) atoms. The van der Waals surface area contributed by atoms with Crippen molar-refractivity contribution in [3.8, 4) is 0 Å². The van der Waals surface area contributed by atoms with Crippen molar-refractivity contribution in [2.45, 2.75) is 79.6 Å². The van der Waals surface area contributed by atoms with Gasteiger partial charge in [-0.25, -0.2) is 0 Å². The zero-order valence-corrected chi connectivity index (χ0v) is 12.2. The maximum Gasteiger partial charge on any atom is -0.0269 e. The topological polar surface area (TPSA) is 0 Å². The molecule has 96 valence electrons. The van der Waals surface area contributed by atoms with Gasteiger partial charge in [0.15, 0.2) is 0 Å². The quantitative estimate of drug-likeness (QED) is 0.523. The number of hydrogen-bond acceptors (Lipinski definition) is 0. The maximum atomic E-state index is 2.58. The molecular formula is C16H32. The van der Waals surface area contributed by atoms with Crippen molar-refractivity contribution in [2.75, 3.05) is 0 Å². The van der Waals surface area contributed by atoms with E-state index >= 15 is 0 Å². The van der Waals surface area contributed by atoms with Gasteiger partial charge in [-0.05, 0) is 42.4 Å². The normalized spacial score (nSPS) is 24.6. The molecule has 1 saturated carbocycles. The molecule has 0 heteroatoms. The van der Waals surface area contributed by atoms with Gasteiger partial charge in [0, 0.05) is 0 Å². The third-order valence-electron chi connectivity index (χ3n) is 5.46. The molecule has 0 aliphatic heterocycles. The van der Waals surface area contributed by atoms with Crippen molar-refractivity contribution >= 4 is 0 Å². The molecular weight excluding hydrogens is 192 g/mol. The summed E-state index contributed by atoms with van der Waals surface area (Å²) in [7, 11) is 0. The lowest BCUT2D eigenvalue weighted by atomic mass is 9.56. The summed E-state index contributed by atoms with van der Waals surface area (Å²) in [5, 5.41) is 0. The second-order valence-corrected chi connectivity index (χ2v) is 6.44. The van der Waals surface area contributed by atoms with Gasteiger partial charge in [0.2, 0.25) is 0 Å². The van der Waals surface area contributed by atoms with E-state index in [0.29, 0.717) is 5.41 Å². The van der Waals surface area contributed by atoms with Crippen molar-refractivity contribution in [1.82, 2.24) is 0 Å². The highest BCUT2D eigenvalue weighted by molar-refractivity contribution is 4.92. The van der Waals surface area contributed by atoms with Gasteiger partial charge >= 0.3 is 0 Å². The van der Waals surface area contributed by atoms with Gasteiger partial charge in [-0.15, -0.1) is 0 Å². The maximum absolute atomic E-state index is 2.58. The highest BCUT2D eigenvalue weighted by Gasteiger charge is 2.42. The van der Waals surface area contributed by atoms with Crippen LogP contribution in [0.4, 0.5) is 0 Å². The van der Waals surface area contributed by atoms with E-state index in [4.69, 9.17) is 0 Å². The van der Waals surface area contributed by atoms with Crippen molar-refractivity contribution in [3.05, 3.63) is 0 Å². The molecule has 0 aromatic heterocycles. The van der Waals surface area contributed by atoms with Gasteiger partial charge < -0.3 is 0 Å². The van der Waals surface area contributed by atoms with Crippen molar-refractivity contribution in [1.29, 1.82) is 0 Å². The first-order valence-corrected chi connectivity index (χ1v) is 7.56. The average molecular weight is 224 g/mol. The fourth-order valence-electron chi connectivity index (χ4n) is 3.77. The summed E-state index contributed by atoms with van der Waals surface area (Å²) >= 11 is 0. The van der Waals surface area contributed by atoms with Crippen LogP contribution in [-0.4, -0.2) is 0 Å². The van der Waals surface area contributed by atoms with Gasteiger partial charge in [0.25, 0.3) is 0 Å². The fraction of sp³-hybridized carbons (Fsp3) is 1.00. The Morgan fingerprint density at radius 2 is 1.75 bits per heavy atom. The molecule has 0 radical (unpaired) electrons. The summed E-state index contributed by atoms with van der Waals surface area (Å²) in [5.41, 5.74) is 0.627. The fourth-order valence-corrected chi connectivity index (χ4v) is 3.77. The van der Waals surface area contributed by atoms with Crippen LogP contribution in [0.25, 0.3) is 0 Å². The third kappa shape index (κ3) is 2.81. The molecule has 1 fully saturated rings. The lowest BCUT2D eigenvalue weighted by molar-refractivity contribution is 0.00803. The summed E-state index contributed by atoms with van der Waals surface area (Å²) in [5.74, 6) is 2.83. The summed E-state index contributed by atoms with van der Waals surface area (Å²) in [6, 6.07) is 0. The number of hydrogen-bond donors (Lipinski definition) is 0.